The van der Waals surface area contributed by atoms with Crippen molar-refractivity contribution in [2.75, 3.05) is 14.1 Å². The van der Waals surface area contributed by atoms with Gasteiger partial charge in [0.15, 0.2) is 0 Å². The molecule has 0 aliphatic carbocycles. The van der Waals surface area contributed by atoms with Gasteiger partial charge in [-0.3, -0.25) is 20.4 Å². The van der Waals surface area contributed by atoms with Crippen LogP contribution in [0.15, 0.2) is 83.8 Å². The van der Waals surface area contributed by atoms with E-state index in [1.807, 2.05) is 24.3 Å². The minimum atomic E-state index is -3.73. The third kappa shape index (κ3) is 4.93. The number of nitrogens with zero attached hydrogens (tertiary/aromatic N) is 2. The molecule has 0 bridgehead atoms. The Balaban J connectivity index is 1.57. The number of aromatic nitrogens is 1. The highest BCUT2D eigenvalue weighted by Crippen LogP contribution is 2.22. The van der Waals surface area contributed by atoms with E-state index >= 15 is 0 Å². The van der Waals surface area contributed by atoms with Gasteiger partial charge in [0, 0.05) is 36.1 Å². The molecule has 180 valence electrons. The zero-order valence-electron chi connectivity index (χ0n) is 19.0. The van der Waals surface area contributed by atoms with E-state index in [1.54, 1.807) is 28.8 Å². The third-order valence-corrected chi connectivity index (χ3v) is 7.30. The summed E-state index contributed by atoms with van der Waals surface area (Å²) in [5, 5.41) is 0.780. The molecule has 8 nitrogen and oxygen atoms in total. The maximum atomic E-state index is 14.3. The second-order valence-corrected chi connectivity index (χ2v) is 10.1. The number of hydrazine groups is 1. The van der Waals surface area contributed by atoms with Crippen LogP contribution in [0.1, 0.15) is 26.4 Å². The van der Waals surface area contributed by atoms with Crippen molar-refractivity contribution in [1.29, 1.82) is 0 Å². The maximum Gasteiger partial charge on any atom is 0.286 e. The Morgan fingerprint density at radius 2 is 1.57 bits per heavy atom. The number of sulfonamides is 1. The molecule has 0 radical (unpaired) electrons. The first-order valence-corrected chi connectivity index (χ1v) is 12.1. The fraction of sp³-hybridized carbons (Fsp3) is 0.120. The Morgan fingerprint density at radius 1 is 0.886 bits per heavy atom. The number of carbonyl (C=O) groups is 2. The van der Waals surface area contributed by atoms with Crippen LogP contribution in [0.5, 0.6) is 0 Å². The van der Waals surface area contributed by atoms with Crippen molar-refractivity contribution in [3.63, 3.8) is 0 Å². The van der Waals surface area contributed by atoms with Crippen LogP contribution >= 0.6 is 0 Å². The van der Waals surface area contributed by atoms with Gasteiger partial charge in [-0.05, 0) is 36.4 Å². The predicted octanol–water partition coefficient (Wildman–Crippen LogP) is 3.15. The lowest BCUT2D eigenvalue weighted by atomic mass is 10.2. The lowest BCUT2D eigenvalue weighted by Gasteiger charge is -2.14. The molecule has 35 heavy (non-hydrogen) atoms. The molecule has 0 spiro atoms. The highest BCUT2D eigenvalue weighted by molar-refractivity contribution is 7.89. The molecule has 0 saturated carbocycles. The Bertz CT molecular complexity index is 1530. The van der Waals surface area contributed by atoms with Gasteiger partial charge >= 0.3 is 0 Å². The summed E-state index contributed by atoms with van der Waals surface area (Å²) in [4.78, 5) is 25.6. The molecule has 0 unspecified atom stereocenters. The zero-order chi connectivity index (χ0) is 25.2. The van der Waals surface area contributed by atoms with Gasteiger partial charge in [-0.1, -0.05) is 42.5 Å². The van der Waals surface area contributed by atoms with Crippen molar-refractivity contribution in [3.05, 3.63) is 102 Å². The summed E-state index contributed by atoms with van der Waals surface area (Å²) in [6.07, 6.45) is 0. The predicted molar refractivity (Wildman–Crippen MR) is 130 cm³/mol. The lowest BCUT2D eigenvalue weighted by Crippen LogP contribution is -2.42. The Hall–Kier alpha value is -4.02. The quantitative estimate of drug-likeness (QED) is 0.402. The summed E-state index contributed by atoms with van der Waals surface area (Å²) in [7, 11) is -0.946. The number of amides is 2. The largest absolute Gasteiger partial charge is 0.332 e. The number of carbonyl (C=O) groups excluding carboxylic acids is 2. The first-order valence-electron chi connectivity index (χ1n) is 10.6. The minimum Gasteiger partial charge on any atom is -0.332 e. The average molecular weight is 495 g/mol. The summed E-state index contributed by atoms with van der Waals surface area (Å²) >= 11 is 0. The van der Waals surface area contributed by atoms with Crippen LogP contribution in [0.3, 0.4) is 0 Å². The maximum absolute atomic E-state index is 14.3. The van der Waals surface area contributed by atoms with Gasteiger partial charge in [-0.2, -0.15) is 0 Å². The monoisotopic (exact) mass is 494 g/mol. The second-order valence-electron chi connectivity index (χ2n) is 7.99. The van der Waals surface area contributed by atoms with Crippen molar-refractivity contribution < 1.29 is 22.4 Å². The molecule has 10 heteroatoms. The van der Waals surface area contributed by atoms with Crippen LogP contribution in [-0.4, -0.2) is 43.2 Å². The van der Waals surface area contributed by atoms with Gasteiger partial charge in [0.2, 0.25) is 10.0 Å². The highest BCUT2D eigenvalue weighted by Gasteiger charge is 2.20. The van der Waals surface area contributed by atoms with E-state index in [1.165, 1.54) is 44.4 Å². The van der Waals surface area contributed by atoms with Gasteiger partial charge in [-0.25, -0.2) is 17.1 Å². The molecule has 2 N–H and O–H groups in total. The standard InChI is InChI=1S/C25H23FN4O4S/c1-29(2)35(33,34)20-11-7-10-18(14-20)24(31)27-28-25(32)23-15-17-8-4-6-13-22(17)30(23)16-19-9-3-5-12-21(19)26/h3-15H,16H2,1-2H3,(H,27,31)(H,28,32). The van der Waals surface area contributed by atoms with E-state index in [0.29, 0.717) is 5.56 Å². The molecular formula is C25H23FN4O4S. The molecular weight excluding hydrogens is 471 g/mol. The first-order chi connectivity index (χ1) is 16.7. The first kappa shape index (κ1) is 24.1. The molecule has 4 rings (SSSR count). The molecule has 1 heterocycles. The van der Waals surface area contributed by atoms with Crippen LogP contribution < -0.4 is 10.9 Å². The number of nitrogens with one attached hydrogen (secondary N) is 2. The molecule has 0 aliphatic rings. The van der Waals surface area contributed by atoms with Crippen molar-refractivity contribution in [1.82, 2.24) is 19.7 Å². The molecule has 4 aromatic rings. The number of rotatable bonds is 6. The summed E-state index contributed by atoms with van der Waals surface area (Å²) in [5.41, 5.74) is 6.10. The van der Waals surface area contributed by atoms with E-state index < -0.39 is 27.7 Å². The van der Waals surface area contributed by atoms with Gasteiger partial charge in [-0.15, -0.1) is 0 Å². The fourth-order valence-corrected chi connectivity index (χ4v) is 4.57. The smallest absolute Gasteiger partial charge is 0.286 e. The van der Waals surface area contributed by atoms with Crippen LogP contribution in [0.4, 0.5) is 4.39 Å². The summed E-state index contributed by atoms with van der Waals surface area (Å²) in [6, 6.07) is 20.7. The van der Waals surface area contributed by atoms with Crippen LogP contribution in [0, 0.1) is 5.82 Å². The van der Waals surface area contributed by atoms with E-state index in [2.05, 4.69) is 10.9 Å². The van der Waals surface area contributed by atoms with Gasteiger partial charge in [0.25, 0.3) is 11.8 Å². The van der Waals surface area contributed by atoms with Gasteiger partial charge < -0.3 is 4.57 Å². The van der Waals surface area contributed by atoms with E-state index in [9.17, 15) is 22.4 Å². The number of hydrogen-bond acceptors (Lipinski definition) is 4. The Morgan fingerprint density at radius 3 is 2.31 bits per heavy atom. The molecule has 0 saturated heterocycles. The third-order valence-electron chi connectivity index (χ3n) is 5.49. The normalized spacial score (nSPS) is 11.5. The Kier molecular flexibility index (Phi) is 6.68. The molecule has 2 amide bonds. The molecule has 3 aromatic carbocycles. The van der Waals surface area contributed by atoms with Crippen molar-refractivity contribution in [2.24, 2.45) is 0 Å². The summed E-state index contributed by atoms with van der Waals surface area (Å²) in [6.45, 7) is 0.112. The fourth-order valence-electron chi connectivity index (χ4n) is 3.62. The number of fused-ring (bicyclic) bond motifs is 1. The van der Waals surface area contributed by atoms with Gasteiger partial charge in [0.1, 0.15) is 11.5 Å². The number of benzene rings is 3. The average Bonchev–Trinajstić information content (AvgIpc) is 3.22. The zero-order valence-corrected chi connectivity index (χ0v) is 19.8. The topological polar surface area (TPSA) is 101 Å². The molecule has 0 atom stereocenters. The summed E-state index contributed by atoms with van der Waals surface area (Å²) < 4.78 is 41.7. The second kappa shape index (κ2) is 9.69. The summed E-state index contributed by atoms with van der Waals surface area (Å²) in [5.74, 6) is -1.69. The van der Waals surface area contributed by atoms with Crippen LogP contribution in [0.2, 0.25) is 0 Å². The SMILES string of the molecule is CN(C)S(=O)(=O)c1cccc(C(=O)NNC(=O)c2cc3ccccc3n2Cc2ccccc2F)c1. The highest BCUT2D eigenvalue weighted by atomic mass is 32.2. The van der Waals surface area contributed by atoms with Crippen molar-refractivity contribution in [3.8, 4) is 0 Å². The van der Waals surface area contributed by atoms with E-state index in [0.717, 1.165) is 15.2 Å². The van der Waals surface area contributed by atoms with Crippen molar-refractivity contribution in [2.45, 2.75) is 11.4 Å². The number of halogens is 1. The van der Waals surface area contributed by atoms with Crippen LogP contribution in [0.25, 0.3) is 10.9 Å². The lowest BCUT2D eigenvalue weighted by molar-refractivity contribution is 0.0842. The minimum absolute atomic E-state index is 0.0495. The molecule has 0 aliphatic heterocycles. The molecule has 0 fully saturated rings. The van der Waals surface area contributed by atoms with Crippen molar-refractivity contribution >= 4 is 32.7 Å². The Labute approximate surface area is 202 Å². The van der Waals surface area contributed by atoms with E-state index in [4.69, 9.17) is 0 Å². The van der Waals surface area contributed by atoms with Crippen LogP contribution in [-0.2, 0) is 16.6 Å². The van der Waals surface area contributed by atoms with Gasteiger partial charge in [0.05, 0.1) is 11.4 Å². The molecule has 1 aromatic heterocycles. The number of hydrogen-bond donors (Lipinski definition) is 2. The van der Waals surface area contributed by atoms with E-state index in [-0.39, 0.29) is 22.7 Å². The number of para-hydroxylation sites is 1.